The number of nitrogens with zero attached hydrogens (tertiary/aromatic N) is 2. The van der Waals surface area contributed by atoms with E-state index in [-0.39, 0.29) is 23.6 Å². The van der Waals surface area contributed by atoms with Gasteiger partial charge in [-0.15, -0.1) is 0 Å². The van der Waals surface area contributed by atoms with Crippen LogP contribution in [0, 0.1) is 5.82 Å². The van der Waals surface area contributed by atoms with E-state index >= 15 is 0 Å². The minimum absolute atomic E-state index is 0.00550. The van der Waals surface area contributed by atoms with Crippen LogP contribution in [0.15, 0.2) is 18.2 Å². The fourth-order valence-corrected chi connectivity index (χ4v) is 3.42. The molecule has 0 spiro atoms. The van der Waals surface area contributed by atoms with E-state index in [9.17, 15) is 14.0 Å². The molecule has 6 nitrogen and oxygen atoms in total. The number of benzene rings is 1. The molecule has 0 aliphatic carbocycles. The molecule has 1 aromatic rings. The third-order valence-corrected chi connectivity index (χ3v) is 4.99. The van der Waals surface area contributed by atoms with Gasteiger partial charge in [0.05, 0.1) is 18.3 Å². The zero-order valence-corrected chi connectivity index (χ0v) is 15.2. The third-order valence-electron chi connectivity index (χ3n) is 4.99. The first kappa shape index (κ1) is 18.8. The first-order valence-electron chi connectivity index (χ1n) is 9.19. The Hall–Kier alpha value is -1.99. The number of hydrogen-bond donors (Lipinski definition) is 1. The zero-order valence-electron chi connectivity index (χ0n) is 15.2. The van der Waals surface area contributed by atoms with Gasteiger partial charge in [-0.1, -0.05) is 0 Å². The van der Waals surface area contributed by atoms with Gasteiger partial charge in [-0.3, -0.25) is 14.5 Å². The molecule has 0 aromatic heterocycles. The van der Waals surface area contributed by atoms with Crippen LogP contribution in [0.1, 0.15) is 30.1 Å². The van der Waals surface area contributed by atoms with E-state index in [1.54, 1.807) is 12.1 Å². The SMILES string of the molecule is CC(=O)c1ccc(N2CCN(CC(=O)NCC3CCCO3)CC2)c(F)c1. The van der Waals surface area contributed by atoms with Gasteiger partial charge in [0.2, 0.25) is 5.91 Å². The summed E-state index contributed by atoms with van der Waals surface area (Å²) in [5.74, 6) is -0.513. The maximum atomic E-state index is 14.3. The fraction of sp³-hybridized carbons (Fsp3) is 0.579. The normalized spacial score (nSPS) is 21.0. The first-order chi connectivity index (χ1) is 12.5. The second-order valence-electron chi connectivity index (χ2n) is 6.92. The van der Waals surface area contributed by atoms with Crippen LogP contribution in [0.3, 0.4) is 0 Å². The van der Waals surface area contributed by atoms with Gasteiger partial charge in [0.15, 0.2) is 5.78 Å². The monoisotopic (exact) mass is 363 g/mol. The molecule has 2 fully saturated rings. The zero-order chi connectivity index (χ0) is 18.5. The van der Waals surface area contributed by atoms with E-state index in [2.05, 4.69) is 10.2 Å². The number of amides is 1. The number of carbonyl (C=O) groups excluding carboxylic acids is 2. The number of rotatable bonds is 6. The van der Waals surface area contributed by atoms with Gasteiger partial charge in [-0.05, 0) is 38.0 Å². The molecule has 2 aliphatic heterocycles. The Labute approximate surface area is 153 Å². The summed E-state index contributed by atoms with van der Waals surface area (Å²) in [6.45, 7) is 5.83. The molecule has 2 saturated heterocycles. The molecule has 0 radical (unpaired) electrons. The Kier molecular flexibility index (Phi) is 6.21. The summed E-state index contributed by atoms with van der Waals surface area (Å²) >= 11 is 0. The second kappa shape index (κ2) is 8.60. The largest absolute Gasteiger partial charge is 0.376 e. The van der Waals surface area contributed by atoms with Crippen LogP contribution in [0.25, 0.3) is 0 Å². The minimum Gasteiger partial charge on any atom is -0.376 e. The van der Waals surface area contributed by atoms with E-state index in [4.69, 9.17) is 4.74 Å². The van der Waals surface area contributed by atoms with Crippen molar-refractivity contribution >= 4 is 17.4 Å². The van der Waals surface area contributed by atoms with E-state index in [0.29, 0.717) is 50.5 Å². The van der Waals surface area contributed by atoms with Crippen molar-refractivity contribution in [2.75, 3.05) is 50.8 Å². The van der Waals surface area contributed by atoms with Crippen molar-refractivity contribution in [2.24, 2.45) is 0 Å². The van der Waals surface area contributed by atoms with Gasteiger partial charge >= 0.3 is 0 Å². The van der Waals surface area contributed by atoms with E-state index in [0.717, 1.165) is 19.4 Å². The van der Waals surface area contributed by atoms with Gasteiger partial charge in [0.25, 0.3) is 0 Å². The number of ketones is 1. The molecule has 26 heavy (non-hydrogen) atoms. The predicted molar refractivity (Wildman–Crippen MR) is 97.0 cm³/mol. The standard InChI is InChI=1S/C19H26FN3O3/c1-14(24)15-4-5-18(17(20)11-15)23-8-6-22(7-9-23)13-19(25)21-12-16-3-2-10-26-16/h4-5,11,16H,2-3,6-10,12-13H2,1H3,(H,21,25). The van der Waals surface area contributed by atoms with Crippen LogP contribution < -0.4 is 10.2 Å². The maximum Gasteiger partial charge on any atom is 0.234 e. The Morgan fingerprint density at radius 2 is 2.04 bits per heavy atom. The Balaban J connectivity index is 1.45. The van der Waals surface area contributed by atoms with E-state index in [1.807, 2.05) is 4.90 Å². The number of carbonyl (C=O) groups is 2. The lowest BCUT2D eigenvalue weighted by Gasteiger charge is -2.36. The quantitative estimate of drug-likeness (QED) is 0.775. The Bertz CT molecular complexity index is 653. The number of piperazine rings is 1. The predicted octanol–water partition coefficient (Wildman–Crippen LogP) is 1.45. The summed E-state index contributed by atoms with van der Waals surface area (Å²) in [4.78, 5) is 27.4. The highest BCUT2D eigenvalue weighted by atomic mass is 19.1. The summed E-state index contributed by atoms with van der Waals surface area (Å²) in [5.41, 5.74) is 0.894. The molecule has 1 N–H and O–H groups in total. The summed E-state index contributed by atoms with van der Waals surface area (Å²) < 4.78 is 19.8. The lowest BCUT2D eigenvalue weighted by molar-refractivity contribution is -0.122. The van der Waals surface area contributed by atoms with Crippen LogP contribution in [0.4, 0.5) is 10.1 Å². The van der Waals surface area contributed by atoms with Gasteiger partial charge in [0.1, 0.15) is 5.82 Å². The van der Waals surface area contributed by atoms with Gasteiger partial charge in [-0.25, -0.2) is 4.39 Å². The molecule has 142 valence electrons. The van der Waals surface area contributed by atoms with Crippen molar-refractivity contribution in [1.82, 2.24) is 10.2 Å². The fourth-order valence-electron chi connectivity index (χ4n) is 3.42. The van der Waals surface area contributed by atoms with Crippen molar-refractivity contribution in [3.63, 3.8) is 0 Å². The average Bonchev–Trinajstić information content (AvgIpc) is 3.14. The lowest BCUT2D eigenvalue weighted by atomic mass is 10.1. The number of ether oxygens (including phenoxy) is 1. The third kappa shape index (κ3) is 4.80. The van der Waals surface area contributed by atoms with E-state index < -0.39 is 0 Å². The van der Waals surface area contributed by atoms with Gasteiger partial charge < -0.3 is 15.0 Å². The highest BCUT2D eigenvalue weighted by Crippen LogP contribution is 2.22. The number of hydrogen-bond acceptors (Lipinski definition) is 5. The summed E-state index contributed by atoms with van der Waals surface area (Å²) in [6, 6.07) is 4.62. The summed E-state index contributed by atoms with van der Waals surface area (Å²) in [6.07, 6.45) is 2.22. The highest BCUT2D eigenvalue weighted by molar-refractivity contribution is 5.94. The molecular formula is C19H26FN3O3. The Morgan fingerprint density at radius 3 is 2.65 bits per heavy atom. The molecule has 1 amide bonds. The van der Waals surface area contributed by atoms with Crippen LogP contribution in [-0.2, 0) is 9.53 Å². The first-order valence-corrected chi connectivity index (χ1v) is 9.19. The van der Waals surface area contributed by atoms with Gasteiger partial charge in [-0.2, -0.15) is 0 Å². The van der Waals surface area contributed by atoms with Gasteiger partial charge in [0, 0.05) is 44.9 Å². The molecule has 0 bridgehead atoms. The van der Waals surface area contributed by atoms with Crippen molar-refractivity contribution in [3.8, 4) is 0 Å². The minimum atomic E-state index is -0.375. The topological polar surface area (TPSA) is 61.9 Å². The van der Waals surface area contributed by atoms with E-state index in [1.165, 1.54) is 13.0 Å². The van der Waals surface area contributed by atoms with Crippen LogP contribution in [0.5, 0.6) is 0 Å². The second-order valence-corrected chi connectivity index (χ2v) is 6.92. The molecule has 1 unspecified atom stereocenters. The smallest absolute Gasteiger partial charge is 0.234 e. The van der Waals surface area contributed by atoms with Crippen molar-refractivity contribution in [3.05, 3.63) is 29.6 Å². The molecule has 0 saturated carbocycles. The van der Waals surface area contributed by atoms with Crippen molar-refractivity contribution in [2.45, 2.75) is 25.9 Å². The lowest BCUT2D eigenvalue weighted by Crippen LogP contribution is -2.50. The number of Topliss-reactive ketones (excluding diaryl/α,β-unsaturated/α-hetero) is 1. The number of nitrogens with one attached hydrogen (secondary N) is 1. The maximum absolute atomic E-state index is 14.3. The molecule has 1 aromatic carbocycles. The molecule has 1 atom stereocenters. The summed E-state index contributed by atoms with van der Waals surface area (Å²) in [7, 11) is 0. The van der Waals surface area contributed by atoms with Crippen molar-refractivity contribution < 1.29 is 18.7 Å². The molecule has 2 heterocycles. The summed E-state index contributed by atoms with van der Waals surface area (Å²) in [5, 5.41) is 2.93. The molecule has 2 aliphatic rings. The molecular weight excluding hydrogens is 337 g/mol. The van der Waals surface area contributed by atoms with Crippen LogP contribution in [0.2, 0.25) is 0 Å². The Morgan fingerprint density at radius 1 is 1.27 bits per heavy atom. The molecule has 7 heteroatoms. The van der Waals surface area contributed by atoms with Crippen molar-refractivity contribution in [1.29, 1.82) is 0 Å². The number of halogens is 1. The van der Waals surface area contributed by atoms with Crippen LogP contribution >= 0.6 is 0 Å². The molecule has 3 rings (SSSR count). The number of anilines is 1. The highest BCUT2D eigenvalue weighted by Gasteiger charge is 2.22. The van der Waals surface area contributed by atoms with Crippen LogP contribution in [-0.4, -0.2) is 68.6 Å². The average molecular weight is 363 g/mol.